The number of carbonyl (C=O) groups excluding carboxylic acids is 2. The second-order valence-corrected chi connectivity index (χ2v) is 5.72. The Labute approximate surface area is 146 Å². The fraction of sp³-hybridized carbons (Fsp3) is 0.0667. The Kier molecular flexibility index (Phi) is 5.82. The van der Waals surface area contributed by atoms with E-state index in [9.17, 15) is 14.0 Å². The monoisotopic (exact) mass is 375 g/mol. The van der Waals surface area contributed by atoms with Crippen molar-refractivity contribution in [2.75, 3.05) is 11.9 Å². The lowest BCUT2D eigenvalue weighted by Gasteiger charge is -2.08. The number of carbonyl (C=O) groups is 2. The van der Waals surface area contributed by atoms with Gasteiger partial charge in [-0.1, -0.05) is 34.8 Å². The molecule has 0 radical (unpaired) electrons. The van der Waals surface area contributed by atoms with Gasteiger partial charge < -0.3 is 10.1 Å². The average molecular weight is 377 g/mol. The minimum atomic E-state index is -0.777. The molecular weight excluding hydrogens is 368 g/mol. The van der Waals surface area contributed by atoms with Crippen molar-refractivity contribution < 1.29 is 18.7 Å². The van der Waals surface area contributed by atoms with E-state index in [1.165, 1.54) is 30.3 Å². The molecule has 0 spiro atoms. The van der Waals surface area contributed by atoms with E-state index < -0.39 is 24.3 Å². The molecule has 2 aromatic carbocycles. The van der Waals surface area contributed by atoms with Gasteiger partial charge in [-0.25, -0.2) is 9.18 Å². The number of hydrogen-bond acceptors (Lipinski definition) is 3. The van der Waals surface area contributed by atoms with Crippen molar-refractivity contribution in [1.29, 1.82) is 0 Å². The fourth-order valence-corrected chi connectivity index (χ4v) is 2.35. The van der Waals surface area contributed by atoms with Gasteiger partial charge in [-0.2, -0.15) is 0 Å². The second-order valence-electron chi connectivity index (χ2n) is 4.41. The molecule has 23 heavy (non-hydrogen) atoms. The van der Waals surface area contributed by atoms with Crippen LogP contribution in [0.2, 0.25) is 15.1 Å². The highest BCUT2D eigenvalue weighted by Crippen LogP contribution is 2.20. The first kappa shape index (κ1) is 17.5. The van der Waals surface area contributed by atoms with Gasteiger partial charge in [0.25, 0.3) is 5.91 Å². The number of halogens is 4. The number of rotatable bonds is 4. The van der Waals surface area contributed by atoms with Gasteiger partial charge >= 0.3 is 5.97 Å². The lowest BCUT2D eigenvalue weighted by molar-refractivity contribution is -0.119. The van der Waals surface area contributed by atoms with Crippen LogP contribution in [-0.4, -0.2) is 18.5 Å². The van der Waals surface area contributed by atoms with Crippen molar-refractivity contribution >= 4 is 52.4 Å². The normalized spacial score (nSPS) is 10.3. The zero-order chi connectivity index (χ0) is 17.0. The van der Waals surface area contributed by atoms with Gasteiger partial charge in [0.15, 0.2) is 6.61 Å². The summed E-state index contributed by atoms with van der Waals surface area (Å²) in [5.41, 5.74) is 0.0363. The van der Waals surface area contributed by atoms with Crippen LogP contribution in [-0.2, 0) is 9.53 Å². The van der Waals surface area contributed by atoms with Crippen molar-refractivity contribution in [3.05, 3.63) is 62.8 Å². The highest BCUT2D eigenvalue weighted by atomic mass is 35.5. The summed E-state index contributed by atoms with van der Waals surface area (Å²) in [6.45, 7) is -0.592. The van der Waals surface area contributed by atoms with Crippen molar-refractivity contribution in [1.82, 2.24) is 0 Å². The molecule has 2 rings (SSSR count). The molecule has 0 atom stereocenters. The SMILES string of the molecule is O=C(COC(=O)c1cc(Cl)cc(Cl)c1)Nc1ccc(Cl)cc1F. The van der Waals surface area contributed by atoms with Crippen LogP contribution < -0.4 is 5.32 Å². The highest BCUT2D eigenvalue weighted by Gasteiger charge is 2.13. The molecule has 0 unspecified atom stereocenters. The maximum atomic E-state index is 13.5. The molecule has 0 fully saturated rings. The second kappa shape index (κ2) is 7.64. The van der Waals surface area contributed by atoms with Crippen molar-refractivity contribution in [2.24, 2.45) is 0 Å². The summed E-state index contributed by atoms with van der Waals surface area (Å²) in [7, 11) is 0. The van der Waals surface area contributed by atoms with Gasteiger partial charge in [0.2, 0.25) is 0 Å². The molecule has 1 N–H and O–H groups in total. The van der Waals surface area contributed by atoms with E-state index in [4.69, 9.17) is 39.5 Å². The number of ether oxygens (including phenoxy) is 1. The van der Waals surface area contributed by atoms with Gasteiger partial charge in [0, 0.05) is 15.1 Å². The van der Waals surface area contributed by atoms with E-state index in [1.54, 1.807) is 0 Å². The molecule has 0 aliphatic heterocycles. The van der Waals surface area contributed by atoms with Gasteiger partial charge in [-0.15, -0.1) is 0 Å². The van der Waals surface area contributed by atoms with Crippen molar-refractivity contribution in [3.63, 3.8) is 0 Å². The van der Waals surface area contributed by atoms with Crippen LogP contribution in [0.3, 0.4) is 0 Å². The topological polar surface area (TPSA) is 55.4 Å². The minimum Gasteiger partial charge on any atom is -0.452 e. The Morgan fingerprint density at radius 2 is 1.65 bits per heavy atom. The summed E-state index contributed by atoms with van der Waals surface area (Å²) in [6.07, 6.45) is 0. The minimum absolute atomic E-state index is 0.0683. The van der Waals surface area contributed by atoms with Gasteiger partial charge in [-0.05, 0) is 36.4 Å². The van der Waals surface area contributed by atoms with E-state index in [0.717, 1.165) is 6.07 Å². The molecule has 8 heteroatoms. The van der Waals surface area contributed by atoms with Gasteiger partial charge in [0.1, 0.15) is 5.82 Å². The van der Waals surface area contributed by atoms with E-state index in [-0.39, 0.29) is 26.3 Å². The Morgan fingerprint density at radius 3 is 2.26 bits per heavy atom. The van der Waals surface area contributed by atoms with Crippen LogP contribution in [0, 0.1) is 5.82 Å². The number of esters is 1. The van der Waals surface area contributed by atoms with E-state index >= 15 is 0 Å². The average Bonchev–Trinajstić information content (AvgIpc) is 2.46. The molecule has 1 amide bonds. The molecule has 0 aliphatic carbocycles. The van der Waals surface area contributed by atoms with E-state index in [1.807, 2.05) is 0 Å². The van der Waals surface area contributed by atoms with Crippen molar-refractivity contribution in [2.45, 2.75) is 0 Å². The van der Waals surface area contributed by atoms with Crippen LogP contribution in [0.15, 0.2) is 36.4 Å². The third kappa shape index (κ3) is 5.10. The Bertz CT molecular complexity index is 747. The van der Waals surface area contributed by atoms with Crippen LogP contribution >= 0.6 is 34.8 Å². The lowest BCUT2D eigenvalue weighted by atomic mass is 10.2. The summed E-state index contributed by atoms with van der Waals surface area (Å²) in [5.74, 6) is -2.17. The summed E-state index contributed by atoms with van der Waals surface area (Å²) in [6, 6.07) is 7.93. The Balaban J connectivity index is 1.94. The summed E-state index contributed by atoms with van der Waals surface area (Å²) in [5, 5.41) is 2.99. The molecule has 0 bridgehead atoms. The number of hydrogen-bond donors (Lipinski definition) is 1. The molecule has 0 saturated carbocycles. The Morgan fingerprint density at radius 1 is 1.00 bits per heavy atom. The number of nitrogens with one attached hydrogen (secondary N) is 1. The number of benzene rings is 2. The largest absolute Gasteiger partial charge is 0.452 e. The molecule has 0 aromatic heterocycles. The molecule has 0 heterocycles. The summed E-state index contributed by atoms with van der Waals surface area (Å²) < 4.78 is 18.3. The van der Waals surface area contributed by atoms with Crippen LogP contribution in [0.25, 0.3) is 0 Å². The third-order valence-corrected chi connectivity index (χ3v) is 3.31. The standard InChI is InChI=1S/C15H9Cl3FNO3/c16-9-1-2-13(12(19)6-9)20-14(21)7-23-15(22)8-3-10(17)5-11(18)4-8/h1-6H,7H2,(H,20,21). The molecule has 4 nitrogen and oxygen atoms in total. The predicted molar refractivity (Wildman–Crippen MR) is 86.8 cm³/mol. The predicted octanol–water partition coefficient (Wildman–Crippen LogP) is 4.58. The fourth-order valence-electron chi connectivity index (χ4n) is 1.66. The first-order valence-corrected chi connectivity index (χ1v) is 7.36. The lowest BCUT2D eigenvalue weighted by Crippen LogP contribution is -2.21. The summed E-state index contributed by atoms with van der Waals surface area (Å²) in [4.78, 5) is 23.5. The molecular formula is C15H9Cl3FNO3. The first-order chi connectivity index (χ1) is 10.8. The maximum absolute atomic E-state index is 13.5. The summed E-state index contributed by atoms with van der Waals surface area (Å²) >= 11 is 17.1. The quantitative estimate of drug-likeness (QED) is 0.795. The van der Waals surface area contributed by atoms with E-state index in [0.29, 0.717) is 0 Å². The first-order valence-electron chi connectivity index (χ1n) is 6.23. The number of anilines is 1. The number of amides is 1. The molecule has 120 valence electrons. The maximum Gasteiger partial charge on any atom is 0.338 e. The van der Waals surface area contributed by atoms with Gasteiger partial charge in [-0.3, -0.25) is 4.79 Å². The zero-order valence-corrected chi connectivity index (χ0v) is 13.7. The zero-order valence-electron chi connectivity index (χ0n) is 11.4. The van der Waals surface area contributed by atoms with Gasteiger partial charge in [0.05, 0.1) is 11.3 Å². The van der Waals surface area contributed by atoms with Crippen LogP contribution in [0.1, 0.15) is 10.4 Å². The van der Waals surface area contributed by atoms with Crippen molar-refractivity contribution in [3.8, 4) is 0 Å². The van der Waals surface area contributed by atoms with Crippen LogP contribution in [0.4, 0.5) is 10.1 Å². The highest BCUT2D eigenvalue weighted by molar-refractivity contribution is 6.35. The molecule has 0 saturated heterocycles. The smallest absolute Gasteiger partial charge is 0.338 e. The molecule has 2 aromatic rings. The van der Waals surface area contributed by atoms with E-state index in [2.05, 4.69) is 5.32 Å². The van der Waals surface area contributed by atoms with Crippen LogP contribution in [0.5, 0.6) is 0 Å². The molecule has 0 aliphatic rings. The third-order valence-electron chi connectivity index (χ3n) is 2.64. The Hall–Kier alpha value is -1.82.